The Morgan fingerprint density at radius 3 is 2.61 bits per heavy atom. The molecule has 0 fully saturated rings. The second kappa shape index (κ2) is 13.0. The van der Waals surface area contributed by atoms with Crippen LogP contribution in [-0.2, 0) is 19.0 Å². The average molecular weight is 324 g/mol. The largest absolute Gasteiger partial charge is 0.459 e. The number of carbonyl (C=O) groups is 1. The molecule has 0 N–H and O–H groups in total. The number of hydrogen-bond donors (Lipinski definition) is 0. The van der Waals surface area contributed by atoms with Gasteiger partial charge in [0.15, 0.2) is 12.4 Å². The molecule has 1 aliphatic heterocycles. The highest BCUT2D eigenvalue weighted by Crippen LogP contribution is 2.18. The first-order valence-corrected chi connectivity index (χ1v) is 9.08. The van der Waals surface area contributed by atoms with Gasteiger partial charge in [-0.05, 0) is 12.8 Å². The first-order chi connectivity index (χ1) is 11.3. The first kappa shape index (κ1) is 19.6. The van der Waals surface area contributed by atoms with E-state index in [2.05, 4.69) is 19.9 Å². The summed E-state index contributed by atoms with van der Waals surface area (Å²) in [4.78, 5) is 11.7. The van der Waals surface area contributed by atoms with E-state index in [4.69, 9.17) is 14.2 Å². The van der Waals surface area contributed by atoms with Crippen LogP contribution in [0.2, 0.25) is 0 Å². The van der Waals surface area contributed by atoms with E-state index in [9.17, 15) is 4.79 Å². The van der Waals surface area contributed by atoms with Gasteiger partial charge in [0.25, 0.3) is 0 Å². The molecule has 132 valence electrons. The van der Waals surface area contributed by atoms with Gasteiger partial charge in [0.2, 0.25) is 6.29 Å². The van der Waals surface area contributed by atoms with E-state index in [1.54, 1.807) is 6.26 Å². The highest BCUT2D eigenvalue weighted by atomic mass is 16.7. The molecule has 1 unspecified atom stereocenters. The number of allylic oxidation sites excluding steroid dienone is 1. The molecule has 0 spiro atoms. The predicted octanol–water partition coefficient (Wildman–Crippen LogP) is 5.24. The molecule has 1 atom stereocenters. The monoisotopic (exact) mass is 324 g/mol. The molecule has 0 aliphatic carbocycles. The van der Waals surface area contributed by atoms with Crippen LogP contribution in [0.3, 0.4) is 0 Å². The smallest absolute Gasteiger partial charge is 0.306 e. The molecular formula is C19H32O4. The number of esters is 1. The molecule has 23 heavy (non-hydrogen) atoms. The summed E-state index contributed by atoms with van der Waals surface area (Å²) in [6.07, 6.45) is 16.0. The summed E-state index contributed by atoms with van der Waals surface area (Å²) in [6, 6.07) is 0. The van der Waals surface area contributed by atoms with Gasteiger partial charge in [0.05, 0.1) is 0 Å². The Balaban J connectivity index is 1.98. The maximum absolute atomic E-state index is 11.7. The van der Waals surface area contributed by atoms with Gasteiger partial charge in [0, 0.05) is 12.8 Å². The van der Waals surface area contributed by atoms with Crippen molar-refractivity contribution in [3.63, 3.8) is 0 Å². The standard InChI is InChI=1S/C19H32O4/c1-3-5-7-8-9-10-12-13-18(20)21-15-17-16-22-19(23-17)14-11-6-4-2/h6,11,16,19H,3-5,7-10,12-15H2,1-2H3/b11-6-. The zero-order chi connectivity index (χ0) is 16.8. The number of carbonyl (C=O) groups excluding carboxylic acids is 1. The molecule has 4 heteroatoms. The predicted molar refractivity (Wildman–Crippen MR) is 91.7 cm³/mol. The van der Waals surface area contributed by atoms with Crippen molar-refractivity contribution in [2.75, 3.05) is 6.61 Å². The molecule has 0 aromatic rings. The van der Waals surface area contributed by atoms with E-state index in [-0.39, 0.29) is 18.9 Å². The molecule has 0 bridgehead atoms. The minimum Gasteiger partial charge on any atom is -0.459 e. The van der Waals surface area contributed by atoms with Gasteiger partial charge in [-0.15, -0.1) is 0 Å². The van der Waals surface area contributed by atoms with Crippen LogP contribution in [0.25, 0.3) is 0 Å². The molecule has 0 aromatic carbocycles. The summed E-state index contributed by atoms with van der Waals surface area (Å²) in [7, 11) is 0. The number of ether oxygens (including phenoxy) is 3. The summed E-state index contributed by atoms with van der Waals surface area (Å²) >= 11 is 0. The van der Waals surface area contributed by atoms with Crippen molar-refractivity contribution < 1.29 is 19.0 Å². The molecule has 1 rings (SSSR count). The Kier molecular flexibility index (Phi) is 11.1. The molecule has 0 saturated heterocycles. The fourth-order valence-electron chi connectivity index (χ4n) is 2.37. The van der Waals surface area contributed by atoms with Crippen molar-refractivity contribution in [3.05, 3.63) is 24.2 Å². The van der Waals surface area contributed by atoms with Gasteiger partial charge >= 0.3 is 5.97 Å². The lowest BCUT2D eigenvalue weighted by Gasteiger charge is -2.10. The van der Waals surface area contributed by atoms with E-state index in [0.717, 1.165) is 19.3 Å². The fraction of sp³-hybridized carbons (Fsp3) is 0.737. The van der Waals surface area contributed by atoms with Crippen LogP contribution in [0.15, 0.2) is 24.2 Å². The normalized spacial score (nSPS) is 17.0. The quantitative estimate of drug-likeness (QED) is 0.264. The maximum Gasteiger partial charge on any atom is 0.306 e. The zero-order valence-electron chi connectivity index (χ0n) is 14.7. The van der Waals surface area contributed by atoms with Gasteiger partial charge in [-0.3, -0.25) is 4.79 Å². The third-order valence-electron chi connectivity index (χ3n) is 3.72. The molecule has 0 aromatic heterocycles. The van der Waals surface area contributed by atoms with E-state index < -0.39 is 0 Å². The number of unbranched alkanes of at least 4 members (excludes halogenated alkanes) is 6. The molecule has 4 nitrogen and oxygen atoms in total. The Labute approximate surface area is 140 Å². The Hall–Kier alpha value is -1.45. The third kappa shape index (κ3) is 10.0. The van der Waals surface area contributed by atoms with E-state index in [0.29, 0.717) is 18.6 Å². The molecule has 0 saturated carbocycles. The van der Waals surface area contributed by atoms with Crippen molar-refractivity contribution in [2.24, 2.45) is 0 Å². The molecular weight excluding hydrogens is 292 g/mol. The Bertz CT molecular complexity index is 374. The van der Waals surface area contributed by atoms with Crippen LogP contribution < -0.4 is 0 Å². The highest BCUT2D eigenvalue weighted by Gasteiger charge is 2.19. The average Bonchev–Trinajstić information content (AvgIpc) is 3.00. The second-order valence-electron chi connectivity index (χ2n) is 5.92. The minimum absolute atomic E-state index is 0.155. The van der Waals surface area contributed by atoms with Crippen LogP contribution >= 0.6 is 0 Å². The van der Waals surface area contributed by atoms with Gasteiger partial charge in [-0.2, -0.15) is 0 Å². The lowest BCUT2D eigenvalue weighted by molar-refractivity contribution is -0.144. The van der Waals surface area contributed by atoms with Crippen LogP contribution in [0, 0.1) is 0 Å². The molecule has 1 heterocycles. The van der Waals surface area contributed by atoms with E-state index in [1.165, 1.54) is 32.1 Å². The van der Waals surface area contributed by atoms with Crippen molar-refractivity contribution in [2.45, 2.75) is 84.3 Å². The van der Waals surface area contributed by atoms with E-state index >= 15 is 0 Å². The van der Waals surface area contributed by atoms with Crippen molar-refractivity contribution >= 4 is 5.97 Å². The molecule has 1 aliphatic rings. The summed E-state index contributed by atoms with van der Waals surface area (Å²) in [6.45, 7) is 4.47. The van der Waals surface area contributed by atoms with Crippen LogP contribution in [0.5, 0.6) is 0 Å². The summed E-state index contributed by atoms with van der Waals surface area (Å²) in [5.74, 6) is 0.435. The second-order valence-corrected chi connectivity index (χ2v) is 5.92. The molecule has 0 amide bonds. The van der Waals surface area contributed by atoms with Crippen molar-refractivity contribution in [3.8, 4) is 0 Å². The number of hydrogen-bond acceptors (Lipinski definition) is 4. The minimum atomic E-state index is -0.283. The first-order valence-electron chi connectivity index (χ1n) is 9.08. The summed E-state index contributed by atoms with van der Waals surface area (Å²) < 4.78 is 16.1. The Morgan fingerprint density at radius 2 is 1.87 bits per heavy atom. The summed E-state index contributed by atoms with van der Waals surface area (Å²) in [5, 5.41) is 0. The van der Waals surface area contributed by atoms with Gasteiger partial charge in [-0.25, -0.2) is 0 Å². The zero-order valence-corrected chi connectivity index (χ0v) is 14.7. The fourth-order valence-corrected chi connectivity index (χ4v) is 2.37. The van der Waals surface area contributed by atoms with Crippen molar-refractivity contribution in [1.82, 2.24) is 0 Å². The van der Waals surface area contributed by atoms with Gasteiger partial charge < -0.3 is 14.2 Å². The van der Waals surface area contributed by atoms with Crippen LogP contribution in [-0.4, -0.2) is 18.9 Å². The lowest BCUT2D eigenvalue weighted by atomic mass is 10.1. The molecule has 0 radical (unpaired) electrons. The maximum atomic E-state index is 11.7. The Morgan fingerprint density at radius 1 is 1.13 bits per heavy atom. The number of rotatable bonds is 13. The van der Waals surface area contributed by atoms with Gasteiger partial charge in [-0.1, -0.05) is 64.5 Å². The van der Waals surface area contributed by atoms with E-state index in [1.807, 2.05) is 6.08 Å². The van der Waals surface area contributed by atoms with Crippen LogP contribution in [0.4, 0.5) is 0 Å². The van der Waals surface area contributed by atoms with Crippen molar-refractivity contribution in [1.29, 1.82) is 0 Å². The topological polar surface area (TPSA) is 44.8 Å². The SMILES string of the molecule is CC/C=C\CC1OC=C(COC(=O)CCCCCCCCC)O1. The third-order valence-corrected chi connectivity index (χ3v) is 3.72. The lowest BCUT2D eigenvalue weighted by Crippen LogP contribution is -2.11. The van der Waals surface area contributed by atoms with Gasteiger partial charge in [0.1, 0.15) is 6.26 Å². The highest BCUT2D eigenvalue weighted by molar-refractivity contribution is 5.69. The van der Waals surface area contributed by atoms with Crippen LogP contribution in [0.1, 0.15) is 78.1 Å². The summed E-state index contributed by atoms with van der Waals surface area (Å²) in [5.41, 5.74) is 0.